The van der Waals surface area contributed by atoms with Gasteiger partial charge in [-0.3, -0.25) is 4.79 Å². The Bertz CT molecular complexity index is 920. The standard InChI is InChI=1S/C19H20N4O2S2/c1-25-16-7-3-2-6-15(16)20-18(24)12-27-19-22-21-17(23(19)13-8-9-13)11-14-5-4-10-26-14/h2-7,10,13H,8-9,11-12H2,1H3,(H,20,24). The topological polar surface area (TPSA) is 69.0 Å². The first-order valence-electron chi connectivity index (χ1n) is 8.76. The Morgan fingerprint density at radius 3 is 2.89 bits per heavy atom. The molecule has 0 atom stereocenters. The number of nitrogens with one attached hydrogen (secondary N) is 1. The Morgan fingerprint density at radius 1 is 1.30 bits per heavy atom. The van der Waals surface area contributed by atoms with E-state index in [0.29, 0.717) is 17.5 Å². The van der Waals surface area contributed by atoms with E-state index in [4.69, 9.17) is 4.74 Å². The highest BCUT2D eigenvalue weighted by Gasteiger charge is 2.30. The third-order valence-corrected chi connectivity index (χ3v) is 6.09. The molecule has 6 nitrogen and oxygen atoms in total. The average Bonchev–Trinajstić information content (AvgIpc) is 3.23. The third kappa shape index (κ3) is 4.33. The van der Waals surface area contributed by atoms with Gasteiger partial charge >= 0.3 is 0 Å². The average molecular weight is 401 g/mol. The largest absolute Gasteiger partial charge is 0.495 e. The Kier molecular flexibility index (Phi) is 5.45. The van der Waals surface area contributed by atoms with E-state index < -0.39 is 0 Å². The monoisotopic (exact) mass is 400 g/mol. The van der Waals surface area contributed by atoms with E-state index in [1.54, 1.807) is 18.4 Å². The van der Waals surface area contributed by atoms with Crippen LogP contribution in [-0.2, 0) is 11.2 Å². The number of benzene rings is 1. The van der Waals surface area contributed by atoms with Gasteiger partial charge in [0, 0.05) is 17.3 Å². The molecule has 1 N–H and O–H groups in total. The van der Waals surface area contributed by atoms with Crippen LogP contribution in [0, 0.1) is 0 Å². The number of ether oxygens (including phenoxy) is 1. The zero-order valence-corrected chi connectivity index (χ0v) is 16.6. The van der Waals surface area contributed by atoms with Gasteiger partial charge in [-0.05, 0) is 36.4 Å². The van der Waals surface area contributed by atoms with E-state index in [1.165, 1.54) is 16.6 Å². The molecule has 1 amide bonds. The maximum atomic E-state index is 12.4. The summed E-state index contributed by atoms with van der Waals surface area (Å²) >= 11 is 3.16. The summed E-state index contributed by atoms with van der Waals surface area (Å²) in [5, 5.41) is 14.5. The summed E-state index contributed by atoms with van der Waals surface area (Å²) in [6.07, 6.45) is 3.09. The van der Waals surface area contributed by atoms with Crippen LogP contribution in [0.4, 0.5) is 5.69 Å². The van der Waals surface area contributed by atoms with Crippen molar-refractivity contribution in [2.45, 2.75) is 30.5 Å². The lowest BCUT2D eigenvalue weighted by Gasteiger charge is -2.10. The van der Waals surface area contributed by atoms with Crippen molar-refractivity contribution in [3.63, 3.8) is 0 Å². The number of aromatic nitrogens is 3. The molecular formula is C19H20N4O2S2. The van der Waals surface area contributed by atoms with Crippen molar-refractivity contribution >= 4 is 34.7 Å². The number of para-hydroxylation sites is 2. The second kappa shape index (κ2) is 8.14. The van der Waals surface area contributed by atoms with Crippen LogP contribution in [0.25, 0.3) is 0 Å². The maximum absolute atomic E-state index is 12.4. The molecule has 2 aromatic heterocycles. The fourth-order valence-electron chi connectivity index (χ4n) is 2.86. The number of carbonyl (C=O) groups is 1. The van der Waals surface area contributed by atoms with Gasteiger partial charge in [0.15, 0.2) is 5.16 Å². The number of hydrogen-bond donors (Lipinski definition) is 1. The first-order chi connectivity index (χ1) is 13.2. The molecule has 1 aromatic carbocycles. The predicted molar refractivity (Wildman–Crippen MR) is 108 cm³/mol. The molecule has 0 radical (unpaired) electrons. The number of hydrogen-bond acceptors (Lipinski definition) is 6. The molecule has 1 aliphatic carbocycles. The number of carbonyl (C=O) groups excluding carboxylic acids is 1. The van der Waals surface area contributed by atoms with Crippen LogP contribution in [0.15, 0.2) is 46.9 Å². The third-order valence-electron chi connectivity index (χ3n) is 4.27. The first-order valence-corrected chi connectivity index (χ1v) is 10.6. The highest BCUT2D eigenvalue weighted by atomic mass is 32.2. The zero-order chi connectivity index (χ0) is 18.6. The van der Waals surface area contributed by atoms with Crippen molar-refractivity contribution in [3.05, 3.63) is 52.5 Å². The fourth-order valence-corrected chi connectivity index (χ4v) is 4.39. The minimum absolute atomic E-state index is 0.0883. The molecule has 8 heteroatoms. The Morgan fingerprint density at radius 2 is 2.15 bits per heavy atom. The lowest BCUT2D eigenvalue weighted by atomic mass is 10.3. The highest BCUT2D eigenvalue weighted by molar-refractivity contribution is 7.99. The highest BCUT2D eigenvalue weighted by Crippen LogP contribution is 2.39. The van der Waals surface area contributed by atoms with E-state index in [-0.39, 0.29) is 11.7 Å². The number of thiophene rings is 1. The molecule has 2 heterocycles. The summed E-state index contributed by atoms with van der Waals surface area (Å²) < 4.78 is 7.48. The number of methoxy groups -OCH3 is 1. The van der Waals surface area contributed by atoms with Gasteiger partial charge in [0.1, 0.15) is 11.6 Å². The summed E-state index contributed by atoms with van der Waals surface area (Å²) in [5.74, 6) is 1.82. The van der Waals surface area contributed by atoms with Crippen LogP contribution in [0.1, 0.15) is 29.6 Å². The molecule has 0 aliphatic heterocycles. The minimum atomic E-state index is -0.0883. The van der Waals surface area contributed by atoms with E-state index in [1.807, 2.05) is 24.3 Å². The van der Waals surface area contributed by atoms with Gasteiger partial charge in [-0.1, -0.05) is 30.0 Å². The molecule has 0 spiro atoms. The van der Waals surface area contributed by atoms with Gasteiger partial charge in [-0.2, -0.15) is 0 Å². The Hall–Kier alpha value is -2.32. The second-order valence-electron chi connectivity index (χ2n) is 6.29. The molecule has 4 rings (SSSR count). The van der Waals surface area contributed by atoms with Gasteiger partial charge in [-0.15, -0.1) is 21.5 Å². The quantitative estimate of drug-likeness (QED) is 0.579. The molecule has 1 aliphatic rings. The zero-order valence-electron chi connectivity index (χ0n) is 14.9. The molecule has 3 aromatic rings. The summed E-state index contributed by atoms with van der Waals surface area (Å²) in [6, 6.07) is 12.0. The number of rotatable bonds is 8. The van der Waals surface area contributed by atoms with Crippen LogP contribution in [0.2, 0.25) is 0 Å². The van der Waals surface area contributed by atoms with E-state index in [9.17, 15) is 4.79 Å². The smallest absolute Gasteiger partial charge is 0.234 e. The molecule has 1 fully saturated rings. The molecule has 140 valence electrons. The Balaban J connectivity index is 1.42. The van der Waals surface area contributed by atoms with Crippen LogP contribution in [0.3, 0.4) is 0 Å². The van der Waals surface area contributed by atoms with Crippen molar-refractivity contribution in [1.82, 2.24) is 14.8 Å². The van der Waals surface area contributed by atoms with Gasteiger partial charge < -0.3 is 14.6 Å². The minimum Gasteiger partial charge on any atom is -0.495 e. The lowest BCUT2D eigenvalue weighted by Crippen LogP contribution is -2.15. The van der Waals surface area contributed by atoms with Crippen LogP contribution in [0.5, 0.6) is 5.75 Å². The predicted octanol–water partition coefficient (Wildman–Crippen LogP) is 4.00. The molecule has 1 saturated carbocycles. The molecule has 0 bridgehead atoms. The van der Waals surface area contributed by atoms with Crippen LogP contribution >= 0.6 is 23.1 Å². The van der Waals surface area contributed by atoms with E-state index >= 15 is 0 Å². The summed E-state index contributed by atoms with van der Waals surface area (Å²) in [5.41, 5.74) is 0.674. The lowest BCUT2D eigenvalue weighted by molar-refractivity contribution is -0.113. The van der Waals surface area contributed by atoms with Crippen LogP contribution < -0.4 is 10.1 Å². The summed E-state index contributed by atoms with van der Waals surface area (Å²) in [4.78, 5) is 13.6. The van der Waals surface area contributed by atoms with Gasteiger partial charge in [-0.25, -0.2) is 0 Å². The van der Waals surface area contributed by atoms with E-state index in [0.717, 1.165) is 30.2 Å². The van der Waals surface area contributed by atoms with Gasteiger partial charge in [0.2, 0.25) is 5.91 Å². The van der Waals surface area contributed by atoms with Crippen molar-refractivity contribution in [1.29, 1.82) is 0 Å². The van der Waals surface area contributed by atoms with E-state index in [2.05, 4.69) is 37.6 Å². The number of anilines is 1. The first kappa shape index (κ1) is 18.1. The summed E-state index contributed by atoms with van der Waals surface area (Å²) in [6.45, 7) is 0. The van der Waals surface area contributed by atoms with Crippen molar-refractivity contribution in [2.75, 3.05) is 18.2 Å². The van der Waals surface area contributed by atoms with Crippen molar-refractivity contribution in [3.8, 4) is 5.75 Å². The molecule has 27 heavy (non-hydrogen) atoms. The SMILES string of the molecule is COc1ccccc1NC(=O)CSc1nnc(Cc2cccs2)n1C1CC1. The normalized spacial score (nSPS) is 13.5. The number of amides is 1. The second-order valence-corrected chi connectivity index (χ2v) is 8.27. The van der Waals surface area contributed by atoms with Crippen LogP contribution in [-0.4, -0.2) is 33.5 Å². The summed E-state index contributed by atoms with van der Waals surface area (Å²) in [7, 11) is 1.59. The fraction of sp³-hybridized carbons (Fsp3) is 0.316. The number of nitrogens with zero attached hydrogens (tertiary/aromatic N) is 3. The van der Waals surface area contributed by atoms with Gasteiger partial charge in [0.05, 0.1) is 18.6 Å². The van der Waals surface area contributed by atoms with Gasteiger partial charge in [0.25, 0.3) is 0 Å². The van der Waals surface area contributed by atoms with Crippen molar-refractivity contribution in [2.24, 2.45) is 0 Å². The molecule has 0 unspecified atom stereocenters. The number of thioether (sulfide) groups is 1. The van der Waals surface area contributed by atoms with Crippen molar-refractivity contribution < 1.29 is 9.53 Å². The maximum Gasteiger partial charge on any atom is 0.234 e. The molecule has 0 saturated heterocycles. The Labute approximate surface area is 166 Å². The molecular weight excluding hydrogens is 380 g/mol.